The largest absolute Gasteiger partial charge is 0.457 e. The number of thiazole rings is 1. The minimum atomic E-state index is -1.01. The Kier molecular flexibility index (Phi) is 5.85. The van der Waals surface area contributed by atoms with Gasteiger partial charge >= 0.3 is 5.97 Å². The van der Waals surface area contributed by atoms with E-state index in [4.69, 9.17) is 21.6 Å². The van der Waals surface area contributed by atoms with Gasteiger partial charge in [-0.3, -0.25) is 9.59 Å². The molecule has 0 aliphatic carbocycles. The molecule has 0 amide bonds. The molecule has 7 heteroatoms. The minimum absolute atomic E-state index is 0.0272. The maximum Gasteiger partial charge on any atom is 0.310 e. The fraction of sp³-hybridized carbons (Fsp3) is 0.250. The zero-order valence-electron chi connectivity index (χ0n) is 12.3. The summed E-state index contributed by atoms with van der Waals surface area (Å²) in [6, 6.07) is 8.80. The molecule has 1 aromatic carbocycles. The van der Waals surface area contributed by atoms with E-state index in [-0.39, 0.29) is 6.42 Å². The van der Waals surface area contributed by atoms with E-state index in [1.54, 1.807) is 36.6 Å². The zero-order chi connectivity index (χ0) is 16.8. The first-order chi connectivity index (χ1) is 11.0. The number of carbonyl (C=O) groups is 2. The third-order valence-corrected chi connectivity index (χ3v) is 4.40. The summed E-state index contributed by atoms with van der Waals surface area (Å²) >= 11 is 7.20. The van der Waals surface area contributed by atoms with Gasteiger partial charge in [0.05, 0.1) is 12.5 Å². The molecular formula is C16H13ClN2O3S. The summed E-state index contributed by atoms with van der Waals surface area (Å²) in [6.45, 7) is 1.32. The van der Waals surface area contributed by atoms with Crippen LogP contribution in [0.15, 0.2) is 29.6 Å². The number of carbonyl (C=O) groups excluding carboxylic acids is 2. The average molecular weight is 349 g/mol. The lowest BCUT2D eigenvalue weighted by Gasteiger charge is -2.07. The number of ketones is 1. The summed E-state index contributed by atoms with van der Waals surface area (Å²) in [7, 11) is 0. The van der Waals surface area contributed by atoms with Crippen molar-refractivity contribution in [3.63, 3.8) is 0 Å². The highest BCUT2D eigenvalue weighted by molar-refractivity contribution is 7.09. The van der Waals surface area contributed by atoms with Gasteiger partial charge in [-0.25, -0.2) is 4.98 Å². The fourth-order valence-electron chi connectivity index (χ4n) is 1.85. The second-order valence-electron chi connectivity index (χ2n) is 4.78. The number of aryl methyl sites for hydroxylation is 1. The molecule has 0 aliphatic heterocycles. The van der Waals surface area contributed by atoms with Gasteiger partial charge < -0.3 is 4.74 Å². The number of esters is 1. The van der Waals surface area contributed by atoms with Gasteiger partial charge in [-0.05, 0) is 18.6 Å². The van der Waals surface area contributed by atoms with Gasteiger partial charge in [0.15, 0.2) is 18.3 Å². The Morgan fingerprint density at radius 3 is 2.78 bits per heavy atom. The van der Waals surface area contributed by atoms with E-state index in [9.17, 15) is 9.59 Å². The van der Waals surface area contributed by atoms with Crippen LogP contribution in [-0.4, -0.2) is 23.3 Å². The van der Waals surface area contributed by atoms with Crippen molar-refractivity contribution in [1.29, 1.82) is 5.26 Å². The molecule has 0 N–H and O–H groups in total. The summed E-state index contributed by atoms with van der Waals surface area (Å²) < 4.78 is 4.95. The molecular weight excluding hydrogens is 336 g/mol. The normalized spacial score (nSPS) is 11.5. The van der Waals surface area contributed by atoms with E-state index in [0.29, 0.717) is 15.6 Å². The molecule has 5 nitrogen and oxygen atoms in total. The second-order valence-corrected chi connectivity index (χ2v) is 6.08. The van der Waals surface area contributed by atoms with Crippen LogP contribution in [0.25, 0.3) is 0 Å². The number of aromatic nitrogens is 1. The second kappa shape index (κ2) is 7.86. The van der Waals surface area contributed by atoms with Crippen LogP contribution in [0.1, 0.15) is 22.2 Å². The summed E-state index contributed by atoms with van der Waals surface area (Å²) in [5, 5.41) is 11.8. The number of ether oxygens (including phenoxy) is 1. The van der Waals surface area contributed by atoms with E-state index < -0.39 is 24.3 Å². The first kappa shape index (κ1) is 17.1. The van der Waals surface area contributed by atoms with Gasteiger partial charge in [-0.2, -0.15) is 5.26 Å². The van der Waals surface area contributed by atoms with Crippen LogP contribution in [0.3, 0.4) is 0 Å². The van der Waals surface area contributed by atoms with E-state index in [2.05, 4.69) is 4.98 Å². The lowest BCUT2D eigenvalue weighted by molar-refractivity contribution is -0.147. The van der Waals surface area contributed by atoms with Crippen LogP contribution in [0.2, 0.25) is 5.02 Å². The molecule has 1 heterocycles. The molecule has 23 heavy (non-hydrogen) atoms. The average Bonchev–Trinajstić information content (AvgIpc) is 2.94. The van der Waals surface area contributed by atoms with Crippen LogP contribution in [0, 0.1) is 18.3 Å². The van der Waals surface area contributed by atoms with Crippen molar-refractivity contribution in [2.75, 3.05) is 6.61 Å². The zero-order valence-corrected chi connectivity index (χ0v) is 13.9. The molecule has 1 atom stereocenters. The van der Waals surface area contributed by atoms with Gasteiger partial charge in [0.2, 0.25) is 0 Å². The van der Waals surface area contributed by atoms with Crippen molar-refractivity contribution in [2.45, 2.75) is 19.3 Å². The molecule has 118 valence electrons. The molecule has 0 unspecified atom stereocenters. The molecule has 1 aromatic heterocycles. The van der Waals surface area contributed by atoms with Crippen molar-refractivity contribution < 1.29 is 14.3 Å². The van der Waals surface area contributed by atoms with Gasteiger partial charge in [-0.1, -0.05) is 29.8 Å². The van der Waals surface area contributed by atoms with Crippen molar-refractivity contribution in [1.82, 2.24) is 4.98 Å². The summed E-state index contributed by atoms with van der Waals surface area (Å²) in [5.41, 5.74) is 1.37. The molecule has 0 saturated heterocycles. The fourth-order valence-corrected chi connectivity index (χ4v) is 2.92. The monoisotopic (exact) mass is 348 g/mol. The predicted octanol–water partition coefficient (Wildman–Crippen LogP) is 3.07. The van der Waals surface area contributed by atoms with Gasteiger partial charge in [-0.15, -0.1) is 11.3 Å². The topological polar surface area (TPSA) is 80.0 Å². The Morgan fingerprint density at radius 2 is 2.17 bits per heavy atom. The number of rotatable bonds is 6. The summed E-state index contributed by atoms with van der Waals surface area (Å²) in [6.07, 6.45) is -0.0272. The van der Waals surface area contributed by atoms with E-state index in [0.717, 1.165) is 5.69 Å². The highest BCUT2D eigenvalue weighted by atomic mass is 35.5. The minimum Gasteiger partial charge on any atom is -0.457 e. The number of halogens is 1. The first-order valence-corrected chi connectivity index (χ1v) is 8.00. The smallest absolute Gasteiger partial charge is 0.310 e. The Hall–Kier alpha value is -2.23. The molecule has 0 saturated carbocycles. The van der Waals surface area contributed by atoms with Crippen molar-refractivity contribution in [3.8, 4) is 6.07 Å². The molecule has 2 aromatic rings. The Morgan fingerprint density at radius 1 is 1.43 bits per heavy atom. The summed E-state index contributed by atoms with van der Waals surface area (Å²) in [5.74, 6) is -2.07. The number of nitriles is 1. The van der Waals surface area contributed by atoms with Crippen LogP contribution >= 0.6 is 22.9 Å². The highest BCUT2D eigenvalue weighted by Gasteiger charge is 2.24. The third kappa shape index (κ3) is 4.62. The lowest BCUT2D eigenvalue weighted by Crippen LogP contribution is -2.20. The molecule has 0 radical (unpaired) electrons. The summed E-state index contributed by atoms with van der Waals surface area (Å²) in [4.78, 5) is 28.0. The SMILES string of the molecule is Cc1csc([C@H](C#N)C(=O)COC(=O)Cc2ccccc2Cl)n1. The van der Waals surface area contributed by atoms with Crippen LogP contribution in [-0.2, 0) is 20.7 Å². The lowest BCUT2D eigenvalue weighted by atomic mass is 10.1. The van der Waals surface area contributed by atoms with Gasteiger partial charge in [0.25, 0.3) is 0 Å². The number of hydrogen-bond donors (Lipinski definition) is 0. The van der Waals surface area contributed by atoms with Crippen LogP contribution in [0.4, 0.5) is 0 Å². The van der Waals surface area contributed by atoms with E-state index in [1.165, 1.54) is 11.3 Å². The standard InChI is InChI=1S/C16H13ClN2O3S/c1-10-9-23-16(19-10)12(7-18)14(20)8-22-15(21)6-11-4-2-3-5-13(11)17/h2-5,9,12H,6,8H2,1H3/t12-/m1/s1. The van der Waals surface area contributed by atoms with Crippen molar-refractivity contribution in [3.05, 3.63) is 50.9 Å². The van der Waals surface area contributed by atoms with Gasteiger partial charge in [0.1, 0.15) is 5.01 Å². The van der Waals surface area contributed by atoms with Crippen molar-refractivity contribution >= 4 is 34.7 Å². The highest BCUT2D eigenvalue weighted by Crippen LogP contribution is 2.21. The van der Waals surface area contributed by atoms with Gasteiger partial charge in [0, 0.05) is 16.1 Å². The Bertz CT molecular complexity index is 767. The van der Waals surface area contributed by atoms with Crippen molar-refractivity contribution in [2.24, 2.45) is 0 Å². The molecule has 0 fully saturated rings. The number of nitrogens with zero attached hydrogens (tertiary/aromatic N) is 2. The predicted molar refractivity (Wildman–Crippen MR) is 86.3 cm³/mol. The van der Waals surface area contributed by atoms with E-state index >= 15 is 0 Å². The first-order valence-electron chi connectivity index (χ1n) is 6.74. The Labute approximate surface area is 142 Å². The third-order valence-electron chi connectivity index (χ3n) is 3.00. The maximum absolute atomic E-state index is 12.0. The van der Waals surface area contributed by atoms with Crippen LogP contribution in [0.5, 0.6) is 0 Å². The maximum atomic E-state index is 12.0. The quantitative estimate of drug-likeness (QED) is 0.749. The molecule has 2 rings (SSSR count). The molecule has 0 spiro atoms. The van der Waals surface area contributed by atoms with E-state index in [1.807, 2.05) is 6.07 Å². The number of benzene rings is 1. The molecule has 0 bridgehead atoms. The molecule has 0 aliphatic rings. The Balaban J connectivity index is 1.92. The number of hydrogen-bond acceptors (Lipinski definition) is 6. The number of Topliss-reactive ketones (excluding diaryl/α,β-unsaturated/α-hetero) is 1. The van der Waals surface area contributed by atoms with Crippen LogP contribution < -0.4 is 0 Å².